The van der Waals surface area contributed by atoms with E-state index in [0.29, 0.717) is 25.7 Å². The van der Waals surface area contributed by atoms with Crippen LogP contribution in [-0.2, 0) is 26.1 Å². The number of ether oxygens (including phenoxy) is 1. The summed E-state index contributed by atoms with van der Waals surface area (Å²) in [4.78, 5) is 19.9. The first-order valence-corrected chi connectivity index (χ1v) is 15.7. The van der Waals surface area contributed by atoms with Crippen LogP contribution in [0.5, 0.6) is 0 Å². The Labute approximate surface area is 241 Å². The molecule has 0 spiro atoms. The Hall–Kier alpha value is -3.18. The molecular weight excluding hydrogens is 543 g/mol. The molecule has 0 bridgehead atoms. The fourth-order valence-corrected chi connectivity index (χ4v) is 6.74. The van der Waals surface area contributed by atoms with Gasteiger partial charge in [-0.2, -0.15) is 0 Å². The van der Waals surface area contributed by atoms with Crippen LogP contribution in [0, 0.1) is 11.7 Å². The minimum Gasteiger partial charge on any atom is -0.379 e. The van der Waals surface area contributed by atoms with Crippen LogP contribution in [0.15, 0.2) is 71.8 Å². The molecule has 41 heavy (non-hydrogen) atoms. The number of nitrogens with one attached hydrogen (secondary N) is 2. The zero-order valence-electron chi connectivity index (χ0n) is 23.3. The van der Waals surface area contributed by atoms with Gasteiger partial charge in [0.05, 0.1) is 29.8 Å². The molecule has 2 N–H and O–H groups in total. The Morgan fingerprint density at radius 3 is 2.27 bits per heavy atom. The first-order chi connectivity index (χ1) is 19.8. The summed E-state index contributed by atoms with van der Waals surface area (Å²) in [5.74, 6) is -0.541. The Morgan fingerprint density at radius 2 is 1.63 bits per heavy atom. The van der Waals surface area contributed by atoms with E-state index in [9.17, 15) is 17.6 Å². The highest BCUT2D eigenvalue weighted by Crippen LogP contribution is 2.27. The lowest BCUT2D eigenvalue weighted by Crippen LogP contribution is -2.41. The number of nitrogens with zero attached hydrogens (tertiary/aromatic N) is 2. The average Bonchev–Trinajstić information content (AvgIpc) is 2.98. The van der Waals surface area contributed by atoms with Gasteiger partial charge in [0.2, 0.25) is 15.9 Å². The van der Waals surface area contributed by atoms with Crippen molar-refractivity contribution in [2.75, 3.05) is 26.3 Å². The third-order valence-corrected chi connectivity index (χ3v) is 9.50. The van der Waals surface area contributed by atoms with Gasteiger partial charge in [0.25, 0.3) is 0 Å². The van der Waals surface area contributed by atoms with Crippen molar-refractivity contribution in [2.24, 2.45) is 5.92 Å². The van der Waals surface area contributed by atoms with E-state index in [1.165, 1.54) is 12.1 Å². The van der Waals surface area contributed by atoms with Gasteiger partial charge in [0.1, 0.15) is 5.82 Å². The average molecular weight is 581 g/mol. The first-order valence-electron chi connectivity index (χ1n) is 14.2. The van der Waals surface area contributed by atoms with Gasteiger partial charge < -0.3 is 10.1 Å². The van der Waals surface area contributed by atoms with Crippen LogP contribution in [0.2, 0.25) is 0 Å². The molecule has 5 rings (SSSR count). The second kappa shape index (κ2) is 13.2. The Morgan fingerprint density at radius 1 is 0.976 bits per heavy atom. The molecule has 218 valence electrons. The molecule has 0 radical (unpaired) electrons. The van der Waals surface area contributed by atoms with Gasteiger partial charge >= 0.3 is 0 Å². The smallest absolute Gasteiger partial charge is 0.240 e. The number of carbonyl (C=O) groups is 1. The Balaban J connectivity index is 1.11. The lowest BCUT2D eigenvalue weighted by molar-refractivity contribution is -0.126. The van der Waals surface area contributed by atoms with E-state index in [0.717, 1.165) is 55.2 Å². The van der Waals surface area contributed by atoms with Crippen LogP contribution in [0.1, 0.15) is 49.9 Å². The topological polar surface area (TPSA) is 101 Å². The van der Waals surface area contributed by atoms with E-state index < -0.39 is 10.0 Å². The third-order valence-electron chi connectivity index (χ3n) is 7.96. The number of aromatic nitrogens is 1. The molecule has 1 aromatic heterocycles. The summed E-state index contributed by atoms with van der Waals surface area (Å²) in [6.07, 6.45) is 4.20. The monoisotopic (exact) mass is 580 g/mol. The zero-order chi connectivity index (χ0) is 28.8. The molecule has 8 nitrogen and oxygen atoms in total. The second-order valence-corrected chi connectivity index (χ2v) is 12.6. The van der Waals surface area contributed by atoms with Gasteiger partial charge in [0.15, 0.2) is 0 Å². The molecule has 1 atom stereocenters. The van der Waals surface area contributed by atoms with E-state index in [4.69, 9.17) is 4.74 Å². The maximum Gasteiger partial charge on any atom is 0.240 e. The minimum atomic E-state index is -3.69. The molecule has 1 saturated carbocycles. The van der Waals surface area contributed by atoms with Crippen LogP contribution in [-0.4, -0.2) is 56.6 Å². The van der Waals surface area contributed by atoms with E-state index >= 15 is 0 Å². The van der Waals surface area contributed by atoms with Crippen LogP contribution in [0.4, 0.5) is 4.39 Å². The SMILES string of the molecule is C[C@@H](NC(=O)[C@H]1CC[C@H](NS(=O)(=O)c2ccc(-c3ccc(CN4CCOCC4)nc3)cc2)CC1)c1ccc(F)cc1. The van der Waals surface area contributed by atoms with E-state index in [2.05, 4.69) is 19.9 Å². The number of amides is 1. The van der Waals surface area contributed by atoms with Crippen LogP contribution in [0.3, 0.4) is 0 Å². The number of halogens is 1. The molecule has 2 heterocycles. The number of hydrogen-bond acceptors (Lipinski definition) is 6. The minimum absolute atomic E-state index is 0.0534. The highest BCUT2D eigenvalue weighted by molar-refractivity contribution is 7.89. The summed E-state index contributed by atoms with van der Waals surface area (Å²) >= 11 is 0. The van der Waals surface area contributed by atoms with Crippen molar-refractivity contribution in [2.45, 2.75) is 56.1 Å². The number of benzene rings is 2. The molecule has 3 aromatic rings. The first kappa shape index (κ1) is 29.3. The van der Waals surface area contributed by atoms with Crippen molar-refractivity contribution < 1.29 is 22.3 Å². The molecule has 1 aliphatic carbocycles. The van der Waals surface area contributed by atoms with Crippen LogP contribution < -0.4 is 10.0 Å². The molecule has 1 aliphatic heterocycles. The van der Waals surface area contributed by atoms with Gasteiger partial charge in [0, 0.05) is 43.4 Å². The number of sulfonamides is 1. The lowest BCUT2D eigenvalue weighted by Gasteiger charge is -2.29. The van der Waals surface area contributed by atoms with Crippen molar-refractivity contribution in [1.82, 2.24) is 19.9 Å². The summed E-state index contributed by atoms with van der Waals surface area (Å²) < 4.78 is 47.6. The van der Waals surface area contributed by atoms with Crippen molar-refractivity contribution in [3.05, 3.63) is 83.9 Å². The quantitative estimate of drug-likeness (QED) is 0.388. The fraction of sp³-hybridized carbons (Fsp3) is 0.419. The molecule has 2 aromatic carbocycles. The molecule has 0 unspecified atom stereocenters. The fourth-order valence-electron chi connectivity index (χ4n) is 5.43. The number of morpholine rings is 1. The molecule has 2 fully saturated rings. The van der Waals surface area contributed by atoms with Crippen LogP contribution >= 0.6 is 0 Å². The summed E-state index contributed by atoms with van der Waals surface area (Å²) in [5.41, 5.74) is 3.66. The molecule has 10 heteroatoms. The summed E-state index contributed by atoms with van der Waals surface area (Å²) in [5, 5.41) is 3.00. The van der Waals surface area contributed by atoms with E-state index in [1.54, 1.807) is 36.4 Å². The third kappa shape index (κ3) is 7.77. The lowest BCUT2D eigenvalue weighted by atomic mass is 9.85. The molecule has 1 amide bonds. The second-order valence-electron chi connectivity index (χ2n) is 10.9. The van der Waals surface area contributed by atoms with Gasteiger partial charge in [-0.25, -0.2) is 17.5 Å². The maximum absolute atomic E-state index is 13.2. The zero-order valence-corrected chi connectivity index (χ0v) is 24.1. The van der Waals surface area contributed by atoms with Crippen molar-refractivity contribution >= 4 is 15.9 Å². The van der Waals surface area contributed by atoms with Gasteiger partial charge in [-0.1, -0.05) is 30.3 Å². The molecule has 1 saturated heterocycles. The number of pyridine rings is 1. The highest BCUT2D eigenvalue weighted by Gasteiger charge is 2.30. The van der Waals surface area contributed by atoms with E-state index in [-0.39, 0.29) is 34.6 Å². The number of carbonyl (C=O) groups excluding carboxylic acids is 1. The summed E-state index contributed by atoms with van der Waals surface area (Å²) in [6, 6.07) is 16.5. The van der Waals surface area contributed by atoms with Crippen molar-refractivity contribution in [3.63, 3.8) is 0 Å². The predicted molar refractivity (Wildman–Crippen MR) is 155 cm³/mol. The van der Waals surface area contributed by atoms with E-state index in [1.807, 2.05) is 25.3 Å². The van der Waals surface area contributed by atoms with Crippen LogP contribution in [0.25, 0.3) is 11.1 Å². The maximum atomic E-state index is 13.2. The van der Waals surface area contributed by atoms with Gasteiger partial charge in [-0.05, 0) is 74.1 Å². The standard InChI is InChI=1S/C31H37FN4O4S/c1-22(23-2-9-27(32)10-3-23)34-31(37)25-4-11-28(12-5-25)35-41(38,39)30-14-7-24(8-15-30)26-6-13-29(33-20-26)21-36-16-18-40-19-17-36/h2-3,6-10,13-15,20,22,25,28,35H,4-5,11-12,16-19,21H2,1H3,(H,34,37)/t22-,25-,28-/m1/s1. The highest BCUT2D eigenvalue weighted by atomic mass is 32.2. The van der Waals surface area contributed by atoms with Gasteiger partial charge in [-0.3, -0.25) is 14.7 Å². The Bertz CT molecular complexity index is 1400. The Kier molecular flexibility index (Phi) is 9.44. The molecular formula is C31H37FN4O4S. The largest absolute Gasteiger partial charge is 0.379 e. The molecule has 2 aliphatic rings. The summed E-state index contributed by atoms with van der Waals surface area (Å²) in [6.45, 7) is 5.97. The van der Waals surface area contributed by atoms with Gasteiger partial charge in [-0.15, -0.1) is 0 Å². The number of hydrogen-bond donors (Lipinski definition) is 2. The number of rotatable bonds is 9. The predicted octanol–water partition coefficient (Wildman–Crippen LogP) is 4.43. The van der Waals surface area contributed by atoms with Crippen molar-refractivity contribution in [3.8, 4) is 11.1 Å². The summed E-state index contributed by atoms with van der Waals surface area (Å²) in [7, 11) is -3.69. The van der Waals surface area contributed by atoms with Crippen molar-refractivity contribution in [1.29, 1.82) is 0 Å². The normalized spacial score (nSPS) is 20.8.